The number of rotatable bonds is 6. The molecule has 1 radical (unpaired) electrons. The molecule has 0 bridgehead atoms. The van der Waals surface area contributed by atoms with Gasteiger partial charge in [-0.2, -0.15) is 0 Å². The number of benzene rings is 7. The van der Waals surface area contributed by atoms with Gasteiger partial charge >= 0.3 is 0 Å². The molecule has 0 spiro atoms. The number of fused-ring (bicyclic) bond motifs is 7. The number of furan rings is 1. The SMILES string of the molecule is C[Si](C)(C)c1ccc(-c2ccnc(-c3[c-]ccc4c3oc3c4ccc4ccc5ccccc5c43)c2)cc1.[2H]C([2H])([2H])c1c[c-]c(-c2ccc(C([2H])([2H])C(C)(C)C)cn2)cc1-c1ccccc1.[Ir]. The molecule has 0 aliphatic rings. The van der Waals surface area contributed by atoms with Crippen molar-refractivity contribution in [3.63, 3.8) is 0 Å². The summed E-state index contributed by atoms with van der Waals surface area (Å²) in [4.78, 5) is 9.18. The Bertz CT molecular complexity index is 3390. The van der Waals surface area contributed by atoms with Gasteiger partial charge in [-0.1, -0.05) is 190 Å². The second-order valence-electron chi connectivity index (χ2n) is 17.6. The number of hydrogen-bond donors (Lipinski definition) is 0. The second-order valence-corrected chi connectivity index (χ2v) is 22.7. The molecule has 3 heterocycles. The van der Waals surface area contributed by atoms with Crippen LogP contribution in [0.1, 0.15) is 38.8 Å². The third-order valence-corrected chi connectivity index (χ3v) is 13.1. The van der Waals surface area contributed by atoms with Crippen LogP contribution in [0.15, 0.2) is 168 Å². The van der Waals surface area contributed by atoms with E-state index in [1.807, 2.05) is 63.4 Å². The van der Waals surface area contributed by atoms with Crippen LogP contribution >= 0.6 is 0 Å². The van der Waals surface area contributed by atoms with Crippen LogP contribution in [0.25, 0.3) is 88.3 Å². The zero-order valence-corrected chi connectivity index (χ0v) is 39.1. The Morgan fingerprint density at radius 3 is 2.15 bits per heavy atom. The van der Waals surface area contributed by atoms with Crippen molar-refractivity contribution in [2.45, 2.75) is 53.6 Å². The smallest absolute Gasteiger partial charge is 0.129 e. The maximum Gasteiger partial charge on any atom is 0.129 e. The Hall–Kier alpha value is -5.97. The van der Waals surface area contributed by atoms with E-state index in [0.717, 1.165) is 49.7 Å². The summed E-state index contributed by atoms with van der Waals surface area (Å²) >= 11 is 0. The quantitative estimate of drug-likeness (QED) is 0.0946. The van der Waals surface area contributed by atoms with E-state index in [4.69, 9.17) is 16.3 Å². The second kappa shape index (κ2) is 17.4. The molecule has 0 fully saturated rings. The molecule has 0 atom stereocenters. The molecule has 0 aliphatic heterocycles. The van der Waals surface area contributed by atoms with Crippen LogP contribution < -0.4 is 5.19 Å². The van der Waals surface area contributed by atoms with Crippen molar-refractivity contribution in [1.82, 2.24) is 9.97 Å². The van der Waals surface area contributed by atoms with Gasteiger partial charge < -0.3 is 14.4 Å². The minimum atomic E-state index is -2.25. The van der Waals surface area contributed by atoms with Crippen molar-refractivity contribution in [2.24, 2.45) is 5.41 Å². The predicted octanol–water partition coefficient (Wildman–Crippen LogP) is 15.1. The van der Waals surface area contributed by atoms with E-state index in [-0.39, 0.29) is 25.7 Å². The molecule has 10 aromatic rings. The number of nitrogens with zero attached hydrogens (tertiary/aromatic N) is 2. The monoisotopic (exact) mass is 1000 g/mol. The molecule has 5 heteroatoms. The summed E-state index contributed by atoms with van der Waals surface area (Å²) in [5.41, 5.74) is 8.75. The topological polar surface area (TPSA) is 38.9 Å². The molecule has 0 unspecified atom stereocenters. The first-order valence-corrected chi connectivity index (χ1v) is 24.2. The van der Waals surface area contributed by atoms with Gasteiger partial charge in [0.25, 0.3) is 0 Å². The molecule has 0 aliphatic carbocycles. The van der Waals surface area contributed by atoms with Gasteiger partial charge in [0.1, 0.15) is 5.58 Å². The maximum absolute atomic E-state index is 8.39. The molecular formula is C57H50IrN2OSi-2. The summed E-state index contributed by atoms with van der Waals surface area (Å²) < 4.78 is 47.0. The van der Waals surface area contributed by atoms with E-state index in [1.54, 1.807) is 24.4 Å². The number of hydrogen-bond acceptors (Lipinski definition) is 3. The Labute approximate surface area is 387 Å². The zero-order valence-electron chi connectivity index (χ0n) is 40.7. The van der Waals surface area contributed by atoms with Crippen molar-refractivity contribution in [3.05, 3.63) is 187 Å². The molecule has 0 saturated carbocycles. The standard InChI is InChI=1S/C34H26NOSi.C23H24N.Ir/c1-37(2,3)26-16-13-22(14-17-26)25-19-20-35-31(21-25)30-10-6-9-28-29-18-15-24-12-11-23-7-4-5-8-27(23)32(24)34(29)36-33(28)30;1-17-10-12-20(14-21(17)19-8-6-5-7-9-19)22-13-11-18(16-24-22)15-23(2,3)4;/h4-9,11-21H,1-3H3;5-11,13-14,16H,15H2,1-4H3;/q2*-1;/i;1D3,15D2;. The summed E-state index contributed by atoms with van der Waals surface area (Å²) in [6, 6.07) is 57.2. The molecule has 0 N–H and O–H groups in total. The fourth-order valence-electron chi connectivity index (χ4n) is 7.94. The Kier molecular flexibility index (Phi) is 10.3. The number of aryl methyl sites for hydroxylation is 1. The van der Waals surface area contributed by atoms with E-state index in [2.05, 4.69) is 128 Å². The van der Waals surface area contributed by atoms with Crippen molar-refractivity contribution in [2.75, 3.05) is 0 Å². The van der Waals surface area contributed by atoms with Gasteiger partial charge in [0.05, 0.1) is 13.7 Å². The average Bonchev–Trinajstić information content (AvgIpc) is 3.70. The van der Waals surface area contributed by atoms with Gasteiger partial charge in [0, 0.05) is 50.1 Å². The van der Waals surface area contributed by atoms with Crippen molar-refractivity contribution >= 4 is 56.7 Å². The summed E-state index contributed by atoms with van der Waals surface area (Å²) in [5, 5.41) is 8.42. The van der Waals surface area contributed by atoms with Crippen molar-refractivity contribution < 1.29 is 31.4 Å². The van der Waals surface area contributed by atoms with Crippen LogP contribution in [0.3, 0.4) is 0 Å². The summed E-state index contributed by atoms with van der Waals surface area (Å²) in [6.07, 6.45) is 1.91. The number of pyridine rings is 2. The summed E-state index contributed by atoms with van der Waals surface area (Å²) in [6.45, 7) is 10.4. The van der Waals surface area contributed by atoms with Crippen LogP contribution in [0.5, 0.6) is 0 Å². The molecular weight excluding hydrogens is 949 g/mol. The van der Waals surface area contributed by atoms with Crippen molar-refractivity contribution in [1.29, 1.82) is 0 Å². The van der Waals surface area contributed by atoms with Crippen LogP contribution in [0, 0.1) is 24.4 Å². The van der Waals surface area contributed by atoms with Crippen LogP contribution in [0.4, 0.5) is 0 Å². The van der Waals surface area contributed by atoms with Gasteiger partial charge in [-0.05, 0) is 67.7 Å². The van der Waals surface area contributed by atoms with Gasteiger partial charge in [0.15, 0.2) is 0 Å². The van der Waals surface area contributed by atoms with E-state index < -0.39 is 26.7 Å². The molecule has 0 amide bonds. The predicted molar refractivity (Wildman–Crippen MR) is 261 cm³/mol. The Balaban J connectivity index is 0.000000185. The molecule has 3 aromatic heterocycles. The molecule has 309 valence electrons. The third kappa shape index (κ3) is 8.85. The summed E-state index contributed by atoms with van der Waals surface area (Å²) in [5.74, 6) is 0. The zero-order chi connectivity index (χ0) is 46.6. The van der Waals surface area contributed by atoms with Crippen LogP contribution in [-0.4, -0.2) is 18.0 Å². The van der Waals surface area contributed by atoms with Crippen LogP contribution in [-0.2, 0) is 26.5 Å². The first kappa shape index (κ1) is 36.7. The first-order chi connectivity index (χ1) is 31.4. The van der Waals surface area contributed by atoms with Crippen LogP contribution in [0.2, 0.25) is 19.6 Å². The van der Waals surface area contributed by atoms with Gasteiger partial charge in [-0.25, -0.2) is 0 Å². The van der Waals surface area contributed by atoms with E-state index >= 15 is 0 Å². The average molecular weight is 1000 g/mol. The normalized spacial score (nSPS) is 13.4. The Morgan fingerprint density at radius 1 is 0.661 bits per heavy atom. The molecule has 62 heavy (non-hydrogen) atoms. The minimum Gasteiger partial charge on any atom is -0.500 e. The van der Waals surface area contributed by atoms with Gasteiger partial charge in [0.2, 0.25) is 0 Å². The fraction of sp³-hybridized carbons (Fsp3) is 0.158. The van der Waals surface area contributed by atoms with E-state index in [9.17, 15) is 0 Å². The maximum atomic E-state index is 8.39. The van der Waals surface area contributed by atoms with E-state index in [1.165, 1.54) is 33.0 Å². The molecule has 0 saturated heterocycles. The minimum absolute atomic E-state index is 0. The van der Waals surface area contributed by atoms with Crippen molar-refractivity contribution in [3.8, 4) is 44.8 Å². The van der Waals surface area contributed by atoms with Gasteiger partial charge in [-0.3, -0.25) is 0 Å². The molecule has 7 aromatic carbocycles. The first-order valence-electron chi connectivity index (χ1n) is 23.2. The molecule has 10 rings (SSSR count). The van der Waals surface area contributed by atoms with Gasteiger partial charge in [-0.15, -0.1) is 47.5 Å². The molecule has 3 nitrogen and oxygen atoms in total. The Morgan fingerprint density at radius 2 is 1.40 bits per heavy atom. The summed E-state index contributed by atoms with van der Waals surface area (Å²) in [7, 11) is -1.33. The largest absolute Gasteiger partial charge is 0.500 e. The van der Waals surface area contributed by atoms with E-state index in [0.29, 0.717) is 22.4 Å². The third-order valence-electron chi connectivity index (χ3n) is 11.0. The number of aromatic nitrogens is 2. The fourth-order valence-corrected chi connectivity index (χ4v) is 9.11.